The number of imidazole rings is 1. The number of hydrazine groups is 1. The fourth-order valence-electron chi connectivity index (χ4n) is 4.44. The van der Waals surface area contributed by atoms with E-state index < -0.39 is 11.5 Å². The number of pyridine rings is 1. The van der Waals surface area contributed by atoms with Crippen LogP contribution in [0, 0.1) is 11.7 Å². The number of hydrogen-bond donors (Lipinski definition) is 2. The second-order valence-corrected chi connectivity index (χ2v) is 8.10. The third kappa shape index (κ3) is 2.98. The maximum atomic E-state index is 14.1. The Balaban J connectivity index is 1.52. The highest BCUT2D eigenvalue weighted by molar-refractivity contribution is 6.07. The number of nitrogens with zero attached hydrogens (tertiary/aromatic N) is 4. The summed E-state index contributed by atoms with van der Waals surface area (Å²) >= 11 is 0. The first-order valence-corrected chi connectivity index (χ1v) is 10.4. The molecule has 1 atom stereocenters. The van der Waals surface area contributed by atoms with Crippen LogP contribution in [0.5, 0.6) is 0 Å². The zero-order chi connectivity index (χ0) is 21.0. The van der Waals surface area contributed by atoms with Crippen molar-refractivity contribution in [2.45, 2.75) is 18.5 Å². The molecule has 1 aliphatic carbocycles. The average molecular weight is 424 g/mol. The number of carbonyl (C=O) groups is 1. The van der Waals surface area contributed by atoms with Crippen molar-refractivity contribution in [2.75, 3.05) is 26.3 Å². The second-order valence-electron chi connectivity index (χ2n) is 8.10. The molecule has 31 heavy (non-hydrogen) atoms. The van der Waals surface area contributed by atoms with E-state index in [4.69, 9.17) is 9.57 Å². The molecule has 6 rings (SSSR count). The van der Waals surface area contributed by atoms with Crippen molar-refractivity contribution in [3.05, 3.63) is 47.7 Å². The third-order valence-electron chi connectivity index (χ3n) is 6.16. The van der Waals surface area contributed by atoms with Crippen LogP contribution in [0.4, 0.5) is 4.39 Å². The van der Waals surface area contributed by atoms with Crippen LogP contribution < -0.4 is 10.9 Å². The van der Waals surface area contributed by atoms with E-state index >= 15 is 0 Å². The maximum absolute atomic E-state index is 14.1. The molecule has 2 fully saturated rings. The van der Waals surface area contributed by atoms with Gasteiger partial charge in [-0.15, -0.1) is 5.48 Å². The predicted molar refractivity (Wildman–Crippen MR) is 110 cm³/mol. The zero-order valence-corrected chi connectivity index (χ0v) is 16.7. The van der Waals surface area contributed by atoms with E-state index in [1.165, 1.54) is 18.5 Å². The number of rotatable bonds is 4. The first kappa shape index (κ1) is 18.7. The van der Waals surface area contributed by atoms with Crippen molar-refractivity contribution in [2.24, 2.45) is 10.9 Å². The van der Waals surface area contributed by atoms with Gasteiger partial charge in [-0.2, -0.15) is 0 Å². The molecule has 1 unspecified atom stereocenters. The number of benzene rings is 1. The number of hydroxylamine groups is 1. The zero-order valence-electron chi connectivity index (χ0n) is 16.7. The summed E-state index contributed by atoms with van der Waals surface area (Å²) in [6.45, 7) is 2.29. The number of carbonyl (C=O) groups excluding carboxylic acids is 1. The molecule has 3 aromatic rings. The van der Waals surface area contributed by atoms with Crippen molar-refractivity contribution in [1.29, 1.82) is 0 Å². The molecule has 2 aromatic heterocycles. The third-order valence-corrected chi connectivity index (χ3v) is 6.16. The van der Waals surface area contributed by atoms with E-state index in [0.717, 1.165) is 18.4 Å². The fraction of sp³-hybridized carbons (Fsp3) is 0.381. The largest absolute Gasteiger partial charge is 0.394 e. The molecule has 3 aliphatic rings. The smallest absolute Gasteiger partial charge is 0.266 e. The molecule has 4 heterocycles. The Morgan fingerprint density at radius 1 is 1.23 bits per heavy atom. The number of aliphatic imine (C=N–C) groups is 1. The van der Waals surface area contributed by atoms with Crippen LogP contribution in [-0.4, -0.2) is 53.0 Å². The van der Waals surface area contributed by atoms with Crippen LogP contribution >= 0.6 is 0 Å². The van der Waals surface area contributed by atoms with Crippen molar-refractivity contribution in [3.63, 3.8) is 0 Å². The maximum Gasteiger partial charge on any atom is 0.266 e. The Kier molecular flexibility index (Phi) is 4.20. The Labute approximate surface area is 176 Å². The molecule has 160 valence electrons. The number of aromatic nitrogens is 2. The van der Waals surface area contributed by atoms with E-state index in [9.17, 15) is 9.18 Å². The lowest BCUT2D eigenvalue weighted by atomic mass is 9.99. The molecule has 2 N–H and O–H groups in total. The minimum absolute atomic E-state index is 0.263. The Morgan fingerprint density at radius 2 is 2.06 bits per heavy atom. The summed E-state index contributed by atoms with van der Waals surface area (Å²) in [4.78, 5) is 27.7. The Bertz CT molecular complexity index is 1220. The van der Waals surface area contributed by atoms with Gasteiger partial charge in [-0.1, -0.05) is 0 Å². The number of halogens is 1. The van der Waals surface area contributed by atoms with Gasteiger partial charge < -0.3 is 9.57 Å². The average Bonchev–Trinajstić information content (AvgIpc) is 3.37. The topological polar surface area (TPSA) is 92.5 Å². The van der Waals surface area contributed by atoms with Crippen LogP contribution in [0.2, 0.25) is 0 Å². The number of morpholine rings is 1. The summed E-state index contributed by atoms with van der Waals surface area (Å²) in [5, 5.41) is 2.34. The van der Waals surface area contributed by atoms with Gasteiger partial charge in [0.15, 0.2) is 12.1 Å². The van der Waals surface area contributed by atoms with Gasteiger partial charge >= 0.3 is 0 Å². The van der Waals surface area contributed by atoms with E-state index in [1.807, 2.05) is 9.41 Å². The first-order valence-electron chi connectivity index (χ1n) is 10.4. The normalized spacial score (nSPS) is 24.0. The number of amides is 1. The fourth-order valence-corrected chi connectivity index (χ4v) is 4.44. The van der Waals surface area contributed by atoms with Crippen molar-refractivity contribution < 1.29 is 18.8 Å². The van der Waals surface area contributed by atoms with Gasteiger partial charge in [0.2, 0.25) is 0 Å². The highest BCUT2D eigenvalue weighted by atomic mass is 19.1. The van der Waals surface area contributed by atoms with Crippen LogP contribution in [0.25, 0.3) is 16.4 Å². The molecular formula is C21H21FN6O3. The van der Waals surface area contributed by atoms with E-state index in [0.29, 0.717) is 48.5 Å². The molecule has 1 amide bonds. The number of nitrogens with one attached hydrogen (secondary N) is 2. The second kappa shape index (κ2) is 6.98. The number of hydrogen-bond acceptors (Lipinski definition) is 7. The van der Waals surface area contributed by atoms with Gasteiger partial charge in [0.1, 0.15) is 17.8 Å². The lowest BCUT2D eigenvalue weighted by Gasteiger charge is -2.27. The highest BCUT2D eigenvalue weighted by Gasteiger charge is 2.51. The van der Waals surface area contributed by atoms with Crippen LogP contribution in [-0.2, 0) is 15.2 Å². The summed E-state index contributed by atoms with van der Waals surface area (Å²) < 4.78 is 21.4. The SMILES string of the molecule is O=C(NN1CCOCC1)c1cc2c(C3(C4CC4)N=CON3)ncn2c2ccc(F)cc12. The summed E-state index contributed by atoms with van der Waals surface area (Å²) in [7, 11) is 0. The van der Waals surface area contributed by atoms with Crippen molar-refractivity contribution >= 4 is 28.7 Å². The molecule has 0 radical (unpaired) electrons. The standard InChI is InChI=1S/C21H21FN6O3/c22-14-3-4-17-15(9-14)16(20(29)25-27-5-7-30-8-6-27)10-18-19(23-11-28(17)18)21(13-1-2-13)24-12-31-26-21/h3-4,9-13,26H,1-2,5-8H2,(H,25,29). The van der Waals surface area contributed by atoms with Gasteiger partial charge in [-0.3, -0.25) is 14.6 Å². The van der Waals surface area contributed by atoms with Gasteiger partial charge in [0.05, 0.1) is 29.8 Å². The van der Waals surface area contributed by atoms with Crippen molar-refractivity contribution in [3.8, 4) is 0 Å². The molecular weight excluding hydrogens is 403 g/mol. The minimum atomic E-state index is -0.777. The summed E-state index contributed by atoms with van der Waals surface area (Å²) in [5.74, 6) is -0.441. The molecule has 1 saturated heterocycles. The molecule has 9 nitrogen and oxygen atoms in total. The summed E-state index contributed by atoms with van der Waals surface area (Å²) in [6.07, 6.45) is 5.10. The molecule has 10 heteroatoms. The van der Waals surface area contributed by atoms with Gasteiger partial charge in [-0.05, 0) is 37.1 Å². The van der Waals surface area contributed by atoms with Crippen LogP contribution in [0.1, 0.15) is 28.9 Å². The molecule has 0 spiro atoms. The molecule has 0 bridgehead atoms. The Morgan fingerprint density at radius 3 is 2.81 bits per heavy atom. The highest BCUT2D eigenvalue weighted by Crippen LogP contribution is 2.48. The van der Waals surface area contributed by atoms with E-state index in [2.05, 4.69) is 20.9 Å². The lowest BCUT2D eigenvalue weighted by Crippen LogP contribution is -2.48. The lowest BCUT2D eigenvalue weighted by molar-refractivity contribution is 0.0127. The molecule has 1 saturated carbocycles. The van der Waals surface area contributed by atoms with Gasteiger partial charge in [0, 0.05) is 24.4 Å². The summed E-state index contributed by atoms with van der Waals surface area (Å²) in [6, 6.07) is 6.20. The minimum Gasteiger partial charge on any atom is -0.394 e. The van der Waals surface area contributed by atoms with Crippen LogP contribution in [0.3, 0.4) is 0 Å². The monoisotopic (exact) mass is 424 g/mol. The van der Waals surface area contributed by atoms with Gasteiger partial charge in [0.25, 0.3) is 5.91 Å². The molecule has 1 aromatic carbocycles. The van der Waals surface area contributed by atoms with Crippen LogP contribution in [0.15, 0.2) is 35.6 Å². The number of fused-ring (bicyclic) bond motifs is 3. The predicted octanol–water partition coefficient (Wildman–Crippen LogP) is 1.73. The Hall–Kier alpha value is -3.08. The number of ether oxygens (including phenoxy) is 1. The van der Waals surface area contributed by atoms with Gasteiger partial charge in [-0.25, -0.2) is 19.4 Å². The molecule has 2 aliphatic heterocycles. The summed E-state index contributed by atoms with van der Waals surface area (Å²) in [5.41, 5.74) is 7.66. The van der Waals surface area contributed by atoms with E-state index in [1.54, 1.807) is 18.5 Å². The van der Waals surface area contributed by atoms with Crippen molar-refractivity contribution in [1.82, 2.24) is 25.3 Å². The quantitative estimate of drug-likeness (QED) is 0.663. The van der Waals surface area contributed by atoms with E-state index in [-0.39, 0.29) is 11.8 Å². The first-order chi connectivity index (χ1) is 15.2.